The van der Waals surface area contributed by atoms with Gasteiger partial charge in [0.1, 0.15) is 6.61 Å². The van der Waals surface area contributed by atoms with Crippen LogP contribution in [0, 0.1) is 0 Å². The Morgan fingerprint density at radius 3 is 2.95 bits per heavy atom. The van der Waals surface area contributed by atoms with Crippen molar-refractivity contribution in [2.45, 2.75) is 24.6 Å². The van der Waals surface area contributed by atoms with Crippen molar-refractivity contribution in [1.82, 2.24) is 15.0 Å². The molecule has 0 saturated carbocycles. The van der Waals surface area contributed by atoms with Crippen molar-refractivity contribution in [3.8, 4) is 0 Å². The van der Waals surface area contributed by atoms with Gasteiger partial charge < -0.3 is 9.26 Å². The fourth-order valence-corrected chi connectivity index (χ4v) is 2.40. The molecule has 0 fully saturated rings. The average Bonchev–Trinajstić information content (AvgIpc) is 2.86. The van der Waals surface area contributed by atoms with Gasteiger partial charge in [0.2, 0.25) is 0 Å². The Morgan fingerprint density at radius 2 is 2.20 bits per heavy atom. The van der Waals surface area contributed by atoms with Crippen LogP contribution < -0.4 is 0 Å². The summed E-state index contributed by atoms with van der Waals surface area (Å²) >= 11 is 1.75. The minimum atomic E-state index is 0.354. The van der Waals surface area contributed by atoms with E-state index in [1.165, 1.54) is 10.5 Å². The summed E-state index contributed by atoms with van der Waals surface area (Å²) in [4.78, 5) is 7.70. The van der Waals surface area contributed by atoms with Crippen LogP contribution in [0.4, 0.5) is 0 Å². The molecule has 0 amide bonds. The molecule has 1 heterocycles. The number of nitrogens with zero attached hydrogens (tertiary/aromatic N) is 3. The maximum atomic E-state index is 5.08. The van der Waals surface area contributed by atoms with Crippen LogP contribution in [-0.4, -0.2) is 35.5 Å². The minimum absolute atomic E-state index is 0.354. The van der Waals surface area contributed by atoms with E-state index >= 15 is 0 Å². The molecule has 0 unspecified atom stereocenters. The minimum Gasteiger partial charge on any atom is -0.375 e. The van der Waals surface area contributed by atoms with Gasteiger partial charge in [-0.3, -0.25) is 4.90 Å². The van der Waals surface area contributed by atoms with E-state index in [2.05, 4.69) is 45.6 Å². The first kappa shape index (κ1) is 15.0. The predicted molar refractivity (Wildman–Crippen MR) is 78.4 cm³/mol. The molecule has 0 aliphatic rings. The van der Waals surface area contributed by atoms with E-state index in [1.807, 2.05) is 7.05 Å². The number of thioether (sulfide) groups is 1. The Kier molecular flexibility index (Phi) is 5.58. The van der Waals surface area contributed by atoms with E-state index in [0.717, 1.165) is 6.54 Å². The third-order valence-corrected chi connectivity index (χ3v) is 3.50. The van der Waals surface area contributed by atoms with Gasteiger partial charge in [0.25, 0.3) is 5.89 Å². The summed E-state index contributed by atoms with van der Waals surface area (Å²) in [6, 6.07) is 8.53. The van der Waals surface area contributed by atoms with Crippen molar-refractivity contribution in [3.05, 3.63) is 41.5 Å². The Labute approximate surface area is 123 Å². The quantitative estimate of drug-likeness (QED) is 0.731. The van der Waals surface area contributed by atoms with Crippen molar-refractivity contribution in [2.75, 3.05) is 20.4 Å². The average molecular weight is 293 g/mol. The smallest absolute Gasteiger partial charge is 0.252 e. The molecule has 0 radical (unpaired) electrons. The zero-order chi connectivity index (χ0) is 14.4. The highest BCUT2D eigenvalue weighted by Crippen LogP contribution is 2.17. The van der Waals surface area contributed by atoms with Crippen molar-refractivity contribution < 1.29 is 9.26 Å². The van der Waals surface area contributed by atoms with Crippen LogP contribution in [0.1, 0.15) is 17.3 Å². The molecule has 5 nitrogen and oxygen atoms in total. The number of hydrogen-bond donors (Lipinski definition) is 0. The molecule has 0 atom stereocenters. The van der Waals surface area contributed by atoms with Crippen LogP contribution in [-0.2, 0) is 24.4 Å². The van der Waals surface area contributed by atoms with E-state index in [1.54, 1.807) is 18.9 Å². The number of methoxy groups -OCH3 is 1. The normalized spacial score (nSPS) is 11.2. The molecule has 0 aliphatic carbocycles. The van der Waals surface area contributed by atoms with Gasteiger partial charge in [0.15, 0.2) is 5.82 Å². The lowest BCUT2D eigenvalue weighted by atomic mass is 10.2. The van der Waals surface area contributed by atoms with Crippen molar-refractivity contribution in [1.29, 1.82) is 0 Å². The highest BCUT2D eigenvalue weighted by Gasteiger charge is 2.09. The third kappa shape index (κ3) is 4.33. The van der Waals surface area contributed by atoms with E-state index in [9.17, 15) is 0 Å². The fourth-order valence-electron chi connectivity index (χ4n) is 1.92. The first-order valence-electron chi connectivity index (χ1n) is 6.33. The summed E-state index contributed by atoms with van der Waals surface area (Å²) in [5.41, 5.74) is 1.28. The maximum absolute atomic E-state index is 5.08. The number of aromatic nitrogens is 2. The highest BCUT2D eigenvalue weighted by atomic mass is 32.2. The molecule has 0 aliphatic heterocycles. The summed E-state index contributed by atoms with van der Waals surface area (Å²) in [5, 5.41) is 3.94. The molecule has 2 rings (SSSR count). The number of rotatable bonds is 7. The van der Waals surface area contributed by atoms with Gasteiger partial charge in [-0.2, -0.15) is 4.98 Å². The molecule has 108 valence electrons. The molecule has 2 aromatic rings. The molecule has 0 bridgehead atoms. The number of benzene rings is 1. The van der Waals surface area contributed by atoms with Gasteiger partial charge in [0.05, 0.1) is 6.54 Å². The predicted octanol–water partition coefficient (Wildman–Crippen LogP) is 2.57. The SMILES string of the molecule is COCc1nc(CN(C)Cc2cccc(SC)c2)no1. The van der Waals surface area contributed by atoms with Gasteiger partial charge in [-0.1, -0.05) is 17.3 Å². The Hall–Kier alpha value is -1.37. The zero-order valence-electron chi connectivity index (χ0n) is 12.0. The molecule has 0 spiro atoms. The van der Waals surface area contributed by atoms with Crippen molar-refractivity contribution in [2.24, 2.45) is 0 Å². The third-order valence-electron chi connectivity index (χ3n) is 2.78. The van der Waals surface area contributed by atoms with Crippen LogP contribution in [0.15, 0.2) is 33.7 Å². The maximum Gasteiger partial charge on any atom is 0.252 e. The second-order valence-corrected chi connectivity index (χ2v) is 5.44. The second-order valence-electron chi connectivity index (χ2n) is 4.56. The first-order valence-corrected chi connectivity index (χ1v) is 7.55. The van der Waals surface area contributed by atoms with E-state index in [4.69, 9.17) is 9.26 Å². The number of hydrogen-bond acceptors (Lipinski definition) is 6. The zero-order valence-corrected chi connectivity index (χ0v) is 12.8. The van der Waals surface area contributed by atoms with Gasteiger partial charge in [-0.15, -0.1) is 11.8 Å². The van der Waals surface area contributed by atoms with Crippen molar-refractivity contribution in [3.63, 3.8) is 0 Å². The second kappa shape index (κ2) is 7.42. The molecular formula is C14H19N3O2S. The summed E-state index contributed by atoms with van der Waals surface area (Å²) in [6.07, 6.45) is 2.08. The van der Waals surface area contributed by atoms with E-state index in [-0.39, 0.29) is 0 Å². The standard InChI is InChI=1S/C14H19N3O2S/c1-17(8-11-5-4-6-12(7-11)20-3)9-13-15-14(10-18-2)19-16-13/h4-7H,8-10H2,1-3H3. The van der Waals surface area contributed by atoms with Gasteiger partial charge in [-0.25, -0.2) is 0 Å². The molecule has 1 aromatic heterocycles. The van der Waals surface area contributed by atoms with Gasteiger partial charge >= 0.3 is 0 Å². The van der Waals surface area contributed by atoms with E-state index < -0.39 is 0 Å². The van der Waals surface area contributed by atoms with Crippen LogP contribution >= 0.6 is 11.8 Å². The topological polar surface area (TPSA) is 51.4 Å². The summed E-state index contributed by atoms with van der Waals surface area (Å²) in [5.74, 6) is 1.20. The Balaban J connectivity index is 1.92. The first-order chi connectivity index (χ1) is 9.71. The van der Waals surface area contributed by atoms with Crippen LogP contribution in [0.2, 0.25) is 0 Å². The largest absolute Gasteiger partial charge is 0.375 e. The fraction of sp³-hybridized carbons (Fsp3) is 0.429. The van der Waals surface area contributed by atoms with Gasteiger partial charge in [-0.05, 0) is 31.0 Å². The Morgan fingerprint density at radius 1 is 1.35 bits per heavy atom. The lowest BCUT2D eigenvalue weighted by Crippen LogP contribution is -2.18. The molecule has 6 heteroatoms. The highest BCUT2D eigenvalue weighted by molar-refractivity contribution is 7.98. The molecule has 1 aromatic carbocycles. The molecule has 20 heavy (non-hydrogen) atoms. The summed E-state index contributed by atoms with van der Waals surface area (Å²) < 4.78 is 10.0. The lowest BCUT2D eigenvalue weighted by Gasteiger charge is -2.14. The molecular weight excluding hydrogens is 274 g/mol. The van der Waals surface area contributed by atoms with E-state index in [0.29, 0.717) is 24.9 Å². The van der Waals surface area contributed by atoms with Crippen molar-refractivity contribution >= 4 is 11.8 Å². The summed E-state index contributed by atoms with van der Waals surface area (Å²) in [7, 11) is 3.65. The van der Waals surface area contributed by atoms with Crippen LogP contribution in [0.25, 0.3) is 0 Å². The number of ether oxygens (including phenoxy) is 1. The van der Waals surface area contributed by atoms with Crippen LogP contribution in [0.5, 0.6) is 0 Å². The van der Waals surface area contributed by atoms with Crippen LogP contribution in [0.3, 0.4) is 0 Å². The lowest BCUT2D eigenvalue weighted by molar-refractivity contribution is 0.151. The molecule has 0 saturated heterocycles. The monoisotopic (exact) mass is 293 g/mol. The summed E-state index contributed by atoms with van der Waals surface area (Å²) in [6.45, 7) is 1.85. The molecule has 0 N–H and O–H groups in total. The van der Waals surface area contributed by atoms with Gasteiger partial charge in [0, 0.05) is 18.6 Å². The Bertz CT molecular complexity index is 545.